The van der Waals surface area contributed by atoms with Gasteiger partial charge in [0.25, 0.3) is 0 Å². The van der Waals surface area contributed by atoms with E-state index in [4.69, 9.17) is 5.73 Å². The topological polar surface area (TPSA) is 222 Å². The van der Waals surface area contributed by atoms with Crippen molar-refractivity contribution in [2.24, 2.45) is 10.2 Å². The number of amides is 1. The second-order valence-corrected chi connectivity index (χ2v) is 10.0. The van der Waals surface area contributed by atoms with Crippen molar-refractivity contribution in [1.82, 2.24) is 0 Å². The number of anilines is 2. The third kappa shape index (κ3) is 12.2. The zero-order chi connectivity index (χ0) is 24.6. The monoisotopic (exact) mass is 639 g/mol. The summed E-state index contributed by atoms with van der Waals surface area (Å²) in [5.41, 5.74) is 5.23. The number of hydrogen-bond donors (Lipinski definition) is 2. The van der Waals surface area contributed by atoms with Crippen LogP contribution in [0.3, 0.4) is 0 Å². The van der Waals surface area contributed by atoms with Crippen LogP contribution in [0.25, 0.3) is 0 Å². The van der Waals surface area contributed by atoms with Gasteiger partial charge in [-0.3, -0.25) is 14.0 Å². The third-order valence-corrected chi connectivity index (χ3v) is 6.68. The fourth-order valence-corrected chi connectivity index (χ4v) is 4.34. The first-order valence-corrected chi connectivity index (χ1v) is 12.3. The molecule has 0 saturated heterocycles. The SMILES string of the molecule is CC(=O)Nc1cc(N)c(S(=O)(=O)[O-])cc1N=Nc1ccc(S(=O)(=O)CCOSOO[O-])cc1.[GaH4-].[Na+].[Na+]. The second kappa shape index (κ2) is 17.6. The standard InChI is InChI=1S/C16H18N4O10S3.Ga.2Na.4H/c1-10(21)18-14-8-13(17)16(33(25,26)27)9-15(14)20-19-11-2-4-12(5-3-11)32(23,24)7-6-28-31-30-29-22;;;;;;;/h2-5,8-9,22H,6-7,17H2,1H3,(H,18,21)(H,25,26,27);;;;;;;/q;-1;2*+1;;;;/p-2. The molecule has 0 aliphatic carbocycles. The Morgan fingerprint density at radius 1 is 1.11 bits per heavy atom. The van der Waals surface area contributed by atoms with E-state index in [1.807, 2.05) is 0 Å². The molecule has 0 spiro atoms. The third-order valence-electron chi connectivity index (χ3n) is 3.72. The molecule has 0 aromatic heterocycles. The summed E-state index contributed by atoms with van der Waals surface area (Å²) in [6.07, 6.45) is 0. The Balaban J connectivity index is 0. The van der Waals surface area contributed by atoms with Gasteiger partial charge >= 0.3 is 78.9 Å². The molecule has 2 rings (SSSR count). The van der Waals surface area contributed by atoms with Gasteiger partial charge in [0.2, 0.25) is 5.91 Å². The number of hydrogen-bond acceptors (Lipinski definition) is 14. The van der Waals surface area contributed by atoms with Crippen LogP contribution >= 0.6 is 12.3 Å². The van der Waals surface area contributed by atoms with Gasteiger partial charge in [0.1, 0.15) is 15.8 Å². The molecule has 0 saturated carbocycles. The first-order valence-electron chi connectivity index (χ1n) is 8.60. The molecular formula is C16H20GaN4Na2O10S3-. The summed E-state index contributed by atoms with van der Waals surface area (Å²) in [6.45, 7) is 0.911. The van der Waals surface area contributed by atoms with E-state index < -0.39 is 36.5 Å². The molecule has 0 fully saturated rings. The molecule has 0 bridgehead atoms. The molecule has 0 heterocycles. The summed E-state index contributed by atoms with van der Waals surface area (Å²) in [5.74, 6) is -0.922. The van der Waals surface area contributed by atoms with E-state index >= 15 is 0 Å². The van der Waals surface area contributed by atoms with Crippen molar-refractivity contribution < 1.29 is 104 Å². The van der Waals surface area contributed by atoms with Gasteiger partial charge < -0.3 is 20.9 Å². The fraction of sp³-hybridized carbons (Fsp3) is 0.188. The van der Waals surface area contributed by atoms with Gasteiger partial charge in [0.15, 0.2) is 22.2 Å². The zero-order valence-corrected chi connectivity index (χ0v) is 25.1. The molecule has 188 valence electrons. The van der Waals surface area contributed by atoms with Crippen molar-refractivity contribution in [3.63, 3.8) is 0 Å². The quantitative estimate of drug-likeness (QED) is 0.0342. The fourth-order valence-electron chi connectivity index (χ4n) is 2.33. The van der Waals surface area contributed by atoms with Gasteiger partial charge in [-0.2, -0.15) is 5.11 Å². The summed E-state index contributed by atoms with van der Waals surface area (Å²) >= 11 is 0.186. The van der Waals surface area contributed by atoms with Crippen LogP contribution in [0.1, 0.15) is 6.92 Å². The van der Waals surface area contributed by atoms with Crippen LogP contribution in [0, 0.1) is 0 Å². The molecule has 3 N–H and O–H groups in total. The largest absolute Gasteiger partial charge is 1.00 e. The van der Waals surface area contributed by atoms with Crippen LogP contribution in [0.4, 0.5) is 22.7 Å². The Morgan fingerprint density at radius 2 is 1.72 bits per heavy atom. The van der Waals surface area contributed by atoms with Crippen molar-refractivity contribution in [2.45, 2.75) is 16.7 Å². The molecule has 36 heavy (non-hydrogen) atoms. The first kappa shape index (κ1) is 38.1. The summed E-state index contributed by atoms with van der Waals surface area (Å²) in [6, 6.07) is 7.07. The van der Waals surface area contributed by atoms with Crippen LogP contribution in [0.2, 0.25) is 0 Å². The first-order chi connectivity index (χ1) is 15.4. The van der Waals surface area contributed by atoms with E-state index in [2.05, 4.69) is 29.1 Å². The summed E-state index contributed by atoms with van der Waals surface area (Å²) in [7, 11) is -8.64. The van der Waals surface area contributed by atoms with Gasteiger partial charge in [0.05, 0.1) is 39.2 Å². The average molecular weight is 640 g/mol. The molecule has 20 heteroatoms. The Bertz CT molecular complexity index is 1250. The number of nitrogens with two attached hydrogens (primary N) is 1. The Morgan fingerprint density at radius 3 is 2.25 bits per heavy atom. The maximum Gasteiger partial charge on any atom is 1.00 e. The summed E-state index contributed by atoms with van der Waals surface area (Å²) < 4.78 is 67.2. The minimum Gasteiger partial charge on any atom is 1.00 e. The van der Waals surface area contributed by atoms with Gasteiger partial charge in [-0.1, -0.05) is 0 Å². The molecule has 0 unspecified atom stereocenters. The summed E-state index contributed by atoms with van der Waals surface area (Å²) in [4.78, 5) is 10.6. The smallest absolute Gasteiger partial charge is 1.00 e. The predicted molar refractivity (Wildman–Crippen MR) is 123 cm³/mol. The van der Waals surface area contributed by atoms with Gasteiger partial charge in [0, 0.05) is 6.92 Å². The summed E-state index contributed by atoms with van der Waals surface area (Å²) in [5, 5.41) is 22.7. The molecule has 14 nitrogen and oxygen atoms in total. The van der Waals surface area contributed by atoms with E-state index in [0.717, 1.165) is 12.1 Å². The number of benzene rings is 2. The van der Waals surface area contributed by atoms with E-state index in [1.54, 1.807) is 0 Å². The number of rotatable bonds is 11. The van der Waals surface area contributed by atoms with E-state index in [1.165, 1.54) is 31.2 Å². The molecule has 0 aliphatic rings. The zero-order valence-electron chi connectivity index (χ0n) is 18.7. The number of nitrogens with zero attached hydrogens (tertiary/aromatic N) is 2. The second-order valence-electron chi connectivity index (χ2n) is 6.08. The molecule has 0 aliphatic heterocycles. The predicted octanol–water partition coefficient (Wildman–Crippen LogP) is -6.32. The molecule has 0 radical (unpaired) electrons. The van der Waals surface area contributed by atoms with Gasteiger partial charge in [-0.05, 0) is 36.4 Å². The van der Waals surface area contributed by atoms with Crippen molar-refractivity contribution in [3.8, 4) is 0 Å². The van der Waals surface area contributed by atoms with Crippen LogP contribution in [0.5, 0.6) is 0 Å². The molecule has 2 aromatic carbocycles. The molecular weight excluding hydrogens is 620 g/mol. The number of sulfone groups is 1. The Labute approximate surface area is 268 Å². The molecule has 0 atom stereocenters. The van der Waals surface area contributed by atoms with Gasteiger partial charge in [-0.15, -0.1) is 9.45 Å². The Kier molecular flexibility index (Phi) is 18.6. The van der Waals surface area contributed by atoms with E-state index in [0.29, 0.717) is 0 Å². The number of carbonyl (C=O) groups excluding carboxylic acids is 1. The minimum atomic E-state index is -4.92. The van der Waals surface area contributed by atoms with E-state index in [-0.39, 0.29) is 125 Å². The van der Waals surface area contributed by atoms with Crippen LogP contribution in [-0.4, -0.2) is 59.4 Å². The number of nitrogen functional groups attached to an aromatic ring is 1. The maximum absolute atomic E-state index is 12.3. The minimum absolute atomic E-state index is 0. The van der Waals surface area contributed by atoms with Crippen LogP contribution in [0.15, 0.2) is 56.4 Å². The average Bonchev–Trinajstić information content (AvgIpc) is 2.72. The number of azo groups is 1. The van der Waals surface area contributed by atoms with Gasteiger partial charge in [-0.25, -0.2) is 16.8 Å². The van der Waals surface area contributed by atoms with Crippen molar-refractivity contribution in [3.05, 3.63) is 36.4 Å². The molecule has 1 amide bonds. The number of nitrogens with one attached hydrogen (secondary N) is 1. The van der Waals surface area contributed by atoms with Crippen molar-refractivity contribution in [1.29, 1.82) is 0 Å². The van der Waals surface area contributed by atoms with Crippen molar-refractivity contribution >= 4 is 80.7 Å². The van der Waals surface area contributed by atoms with Crippen LogP contribution in [-0.2, 0) is 38.3 Å². The maximum atomic E-state index is 12.3. The van der Waals surface area contributed by atoms with Crippen LogP contribution < -0.4 is 75.4 Å². The normalized spacial score (nSPS) is 11.2. The molecule has 2 aromatic rings. The van der Waals surface area contributed by atoms with Crippen molar-refractivity contribution in [2.75, 3.05) is 23.4 Å². The number of carbonyl (C=O) groups is 1. The Hall–Kier alpha value is -0.00364. The van der Waals surface area contributed by atoms with E-state index in [9.17, 15) is 31.4 Å².